The molecule has 3 aromatic rings. The quantitative estimate of drug-likeness (QED) is 0.559. The van der Waals surface area contributed by atoms with Crippen molar-refractivity contribution in [2.75, 3.05) is 6.54 Å². The van der Waals surface area contributed by atoms with Crippen molar-refractivity contribution < 1.29 is 14.4 Å². The SMILES string of the molecule is CCc1ccc(C(=O)NNC(=O)CNC(=O)c2sc3ccccc3c2Cl)cc1. The Balaban J connectivity index is 1.51. The van der Waals surface area contributed by atoms with Gasteiger partial charge >= 0.3 is 0 Å². The molecule has 3 amide bonds. The third kappa shape index (κ3) is 4.49. The molecular formula is C20H18ClN3O3S. The Morgan fingerprint density at radius 2 is 1.68 bits per heavy atom. The van der Waals surface area contributed by atoms with Gasteiger partial charge in [0, 0.05) is 15.6 Å². The normalized spacial score (nSPS) is 10.5. The lowest BCUT2D eigenvalue weighted by Gasteiger charge is -2.08. The van der Waals surface area contributed by atoms with Gasteiger partial charge in [0.2, 0.25) is 0 Å². The Morgan fingerprint density at radius 3 is 2.36 bits per heavy atom. The first kappa shape index (κ1) is 19.9. The van der Waals surface area contributed by atoms with Gasteiger partial charge in [0.1, 0.15) is 4.88 Å². The molecule has 2 aromatic carbocycles. The Hall–Kier alpha value is -2.90. The third-order valence-electron chi connectivity index (χ3n) is 4.09. The minimum Gasteiger partial charge on any atom is -0.342 e. The molecule has 0 atom stereocenters. The van der Waals surface area contributed by atoms with E-state index in [-0.39, 0.29) is 6.54 Å². The first-order chi connectivity index (χ1) is 13.5. The van der Waals surface area contributed by atoms with Crippen molar-refractivity contribution in [3.05, 3.63) is 69.6 Å². The molecular weight excluding hydrogens is 398 g/mol. The van der Waals surface area contributed by atoms with Crippen LogP contribution < -0.4 is 16.2 Å². The number of carbonyl (C=O) groups is 3. The van der Waals surface area contributed by atoms with E-state index in [4.69, 9.17) is 11.6 Å². The minimum absolute atomic E-state index is 0.293. The van der Waals surface area contributed by atoms with Crippen molar-refractivity contribution in [1.29, 1.82) is 0 Å². The number of fused-ring (bicyclic) bond motifs is 1. The van der Waals surface area contributed by atoms with Crippen LogP contribution in [-0.2, 0) is 11.2 Å². The fourth-order valence-corrected chi connectivity index (χ4v) is 3.97. The summed E-state index contributed by atoms with van der Waals surface area (Å²) in [5.41, 5.74) is 6.14. The summed E-state index contributed by atoms with van der Waals surface area (Å²) in [6.07, 6.45) is 0.877. The first-order valence-corrected chi connectivity index (χ1v) is 9.82. The Bertz CT molecular complexity index is 1030. The van der Waals surface area contributed by atoms with Crippen LogP contribution in [-0.4, -0.2) is 24.3 Å². The second kappa shape index (κ2) is 8.86. The van der Waals surface area contributed by atoms with Crippen LogP contribution in [0.2, 0.25) is 5.02 Å². The monoisotopic (exact) mass is 415 g/mol. The zero-order valence-electron chi connectivity index (χ0n) is 15.0. The molecule has 0 bridgehead atoms. The highest BCUT2D eigenvalue weighted by atomic mass is 35.5. The Kier molecular flexibility index (Phi) is 6.28. The molecule has 0 saturated heterocycles. The number of hydrogen-bond donors (Lipinski definition) is 3. The minimum atomic E-state index is -0.552. The predicted molar refractivity (Wildman–Crippen MR) is 111 cm³/mol. The second-order valence-corrected chi connectivity index (χ2v) is 7.41. The number of thiophene rings is 1. The molecule has 6 nitrogen and oxygen atoms in total. The zero-order valence-corrected chi connectivity index (χ0v) is 16.6. The number of rotatable bonds is 5. The van der Waals surface area contributed by atoms with Gasteiger partial charge in [0.05, 0.1) is 11.6 Å². The molecule has 0 saturated carbocycles. The van der Waals surface area contributed by atoms with Gasteiger partial charge in [0.15, 0.2) is 0 Å². The molecule has 0 unspecified atom stereocenters. The van der Waals surface area contributed by atoms with Crippen molar-refractivity contribution in [3.63, 3.8) is 0 Å². The summed E-state index contributed by atoms with van der Waals surface area (Å²) < 4.78 is 0.892. The van der Waals surface area contributed by atoms with Crippen molar-refractivity contribution >= 4 is 50.7 Å². The molecule has 144 valence electrons. The van der Waals surface area contributed by atoms with E-state index in [0.29, 0.717) is 15.5 Å². The molecule has 0 spiro atoms. The molecule has 3 rings (SSSR count). The van der Waals surface area contributed by atoms with E-state index in [0.717, 1.165) is 22.1 Å². The summed E-state index contributed by atoms with van der Waals surface area (Å²) in [5, 5.41) is 3.66. The number of carbonyl (C=O) groups excluding carboxylic acids is 3. The number of halogens is 1. The van der Waals surface area contributed by atoms with Crippen LogP contribution in [0.5, 0.6) is 0 Å². The van der Waals surface area contributed by atoms with E-state index in [9.17, 15) is 14.4 Å². The van der Waals surface area contributed by atoms with Gasteiger partial charge in [-0.3, -0.25) is 25.2 Å². The summed E-state index contributed by atoms with van der Waals surface area (Å²) in [6, 6.07) is 14.5. The zero-order chi connectivity index (χ0) is 20.1. The molecule has 1 heterocycles. The van der Waals surface area contributed by atoms with Crippen molar-refractivity contribution in [2.45, 2.75) is 13.3 Å². The molecule has 0 aliphatic heterocycles. The number of hydrogen-bond acceptors (Lipinski definition) is 4. The molecule has 0 fully saturated rings. The third-order valence-corrected chi connectivity index (χ3v) is 5.76. The van der Waals surface area contributed by atoms with E-state index in [1.54, 1.807) is 12.1 Å². The van der Waals surface area contributed by atoms with Gasteiger partial charge in [-0.05, 0) is 30.2 Å². The predicted octanol–water partition coefficient (Wildman–Crippen LogP) is 3.31. The van der Waals surface area contributed by atoms with Crippen LogP contribution in [0, 0.1) is 0 Å². The lowest BCUT2D eigenvalue weighted by Crippen LogP contribution is -2.46. The van der Waals surface area contributed by atoms with Gasteiger partial charge in [-0.15, -0.1) is 11.3 Å². The largest absolute Gasteiger partial charge is 0.342 e. The summed E-state index contributed by atoms with van der Waals surface area (Å²) in [7, 11) is 0. The topological polar surface area (TPSA) is 87.3 Å². The Morgan fingerprint density at radius 1 is 0.964 bits per heavy atom. The number of benzene rings is 2. The van der Waals surface area contributed by atoms with Crippen molar-refractivity contribution in [1.82, 2.24) is 16.2 Å². The molecule has 0 radical (unpaired) electrons. The summed E-state index contributed by atoms with van der Waals surface area (Å²) in [6.45, 7) is 1.73. The molecule has 28 heavy (non-hydrogen) atoms. The van der Waals surface area contributed by atoms with Gasteiger partial charge in [-0.25, -0.2) is 0 Å². The van der Waals surface area contributed by atoms with Gasteiger partial charge in [-0.1, -0.05) is 48.9 Å². The maximum atomic E-state index is 12.3. The maximum Gasteiger partial charge on any atom is 0.269 e. The van der Waals surface area contributed by atoms with Gasteiger partial charge in [-0.2, -0.15) is 0 Å². The fraction of sp³-hybridized carbons (Fsp3) is 0.150. The average Bonchev–Trinajstić information content (AvgIpc) is 3.07. The maximum absolute atomic E-state index is 12.3. The van der Waals surface area contributed by atoms with Crippen LogP contribution >= 0.6 is 22.9 Å². The molecule has 0 aliphatic rings. The molecule has 3 N–H and O–H groups in total. The standard InChI is InChI=1S/C20H18ClN3O3S/c1-2-12-7-9-13(10-8-12)19(26)24-23-16(25)11-22-20(27)18-17(21)14-5-3-4-6-15(14)28-18/h3-10H,2,11H2,1H3,(H,22,27)(H,23,25)(H,24,26). The van der Waals surface area contributed by atoms with Crippen LogP contribution in [0.4, 0.5) is 0 Å². The molecule has 1 aromatic heterocycles. The number of nitrogens with one attached hydrogen (secondary N) is 3. The summed E-state index contributed by atoms with van der Waals surface area (Å²) in [4.78, 5) is 36.6. The summed E-state index contributed by atoms with van der Waals surface area (Å²) in [5.74, 6) is -1.43. The number of hydrazine groups is 1. The lowest BCUT2D eigenvalue weighted by molar-refractivity contribution is -0.120. The highest BCUT2D eigenvalue weighted by molar-refractivity contribution is 7.21. The van der Waals surface area contributed by atoms with E-state index in [1.165, 1.54) is 11.3 Å². The molecule has 8 heteroatoms. The average molecular weight is 416 g/mol. The number of aryl methyl sites for hydroxylation is 1. The van der Waals surface area contributed by atoms with E-state index < -0.39 is 17.7 Å². The Labute approximate surface area is 170 Å². The van der Waals surface area contributed by atoms with Crippen LogP contribution in [0.25, 0.3) is 10.1 Å². The van der Waals surface area contributed by atoms with Crippen molar-refractivity contribution in [3.8, 4) is 0 Å². The second-order valence-electron chi connectivity index (χ2n) is 5.98. The lowest BCUT2D eigenvalue weighted by atomic mass is 10.1. The van der Waals surface area contributed by atoms with Crippen LogP contribution in [0.15, 0.2) is 48.5 Å². The number of amides is 3. The fourth-order valence-electron chi connectivity index (χ4n) is 2.54. The highest BCUT2D eigenvalue weighted by Crippen LogP contribution is 2.34. The van der Waals surface area contributed by atoms with Crippen LogP contribution in [0.1, 0.15) is 32.5 Å². The van der Waals surface area contributed by atoms with E-state index in [1.807, 2.05) is 43.3 Å². The smallest absolute Gasteiger partial charge is 0.269 e. The highest BCUT2D eigenvalue weighted by Gasteiger charge is 2.17. The first-order valence-electron chi connectivity index (χ1n) is 8.63. The van der Waals surface area contributed by atoms with E-state index >= 15 is 0 Å². The molecule has 0 aliphatic carbocycles. The van der Waals surface area contributed by atoms with E-state index in [2.05, 4.69) is 16.2 Å². The summed E-state index contributed by atoms with van der Waals surface area (Å²) >= 11 is 7.51. The van der Waals surface area contributed by atoms with Crippen molar-refractivity contribution in [2.24, 2.45) is 0 Å². The van der Waals surface area contributed by atoms with Gasteiger partial charge < -0.3 is 5.32 Å². The van der Waals surface area contributed by atoms with Crippen LogP contribution in [0.3, 0.4) is 0 Å². The van der Waals surface area contributed by atoms with Gasteiger partial charge in [0.25, 0.3) is 17.7 Å².